The summed E-state index contributed by atoms with van der Waals surface area (Å²) in [5.41, 5.74) is -0.316. The molecule has 98 valence electrons. The number of hydrogen-bond donors (Lipinski definition) is 1. The number of hydrogen-bond acceptors (Lipinski definition) is 5. The Morgan fingerprint density at radius 1 is 1.47 bits per heavy atom. The Bertz CT molecular complexity index is 655. The predicted molar refractivity (Wildman–Crippen MR) is 71.1 cm³/mol. The molecule has 1 N–H and O–H groups in total. The predicted octanol–water partition coefficient (Wildman–Crippen LogP) is 3.68. The Labute approximate surface area is 119 Å². The lowest BCUT2D eigenvalue weighted by Crippen LogP contribution is -2.00. The molecule has 2 aromatic rings. The van der Waals surface area contributed by atoms with Crippen LogP contribution in [0.4, 0.5) is 21.6 Å². The molecule has 0 fully saturated rings. The molecular formula is C10H5BrClFN4O2. The van der Waals surface area contributed by atoms with Gasteiger partial charge >= 0.3 is 0 Å². The highest BCUT2D eigenvalue weighted by Gasteiger charge is 2.18. The van der Waals surface area contributed by atoms with Crippen molar-refractivity contribution in [1.82, 2.24) is 9.97 Å². The summed E-state index contributed by atoms with van der Waals surface area (Å²) in [6, 6.07) is 3.55. The van der Waals surface area contributed by atoms with E-state index >= 15 is 0 Å². The maximum Gasteiger partial charge on any atom is 0.295 e. The fourth-order valence-electron chi connectivity index (χ4n) is 1.33. The molecule has 0 radical (unpaired) electrons. The molecule has 0 saturated heterocycles. The van der Waals surface area contributed by atoms with Crippen LogP contribution in [0, 0.1) is 15.9 Å². The third kappa shape index (κ3) is 3.15. The number of rotatable bonds is 3. The zero-order valence-corrected chi connectivity index (χ0v) is 11.4. The van der Waals surface area contributed by atoms with Gasteiger partial charge in [0, 0.05) is 6.20 Å². The summed E-state index contributed by atoms with van der Waals surface area (Å²) in [6.07, 6.45) is 1.39. The largest absolute Gasteiger partial charge is 0.334 e. The maximum atomic E-state index is 13.3. The Kier molecular flexibility index (Phi) is 3.91. The lowest BCUT2D eigenvalue weighted by atomic mass is 10.2. The van der Waals surface area contributed by atoms with Crippen molar-refractivity contribution in [3.05, 3.63) is 50.1 Å². The van der Waals surface area contributed by atoms with Crippen molar-refractivity contribution in [2.45, 2.75) is 0 Å². The molecule has 0 aliphatic heterocycles. The molecule has 1 heterocycles. The minimum atomic E-state index is -0.724. The van der Waals surface area contributed by atoms with E-state index in [4.69, 9.17) is 11.6 Å². The first-order valence-corrected chi connectivity index (χ1v) is 6.03. The summed E-state index contributed by atoms with van der Waals surface area (Å²) < 4.78 is 13.4. The van der Waals surface area contributed by atoms with Gasteiger partial charge in [0.2, 0.25) is 5.28 Å². The smallest absolute Gasteiger partial charge is 0.295 e. The number of aromatic nitrogens is 2. The summed E-state index contributed by atoms with van der Waals surface area (Å²) in [7, 11) is 0. The fraction of sp³-hybridized carbons (Fsp3) is 0. The SMILES string of the molecule is O=[N+]([O-])c1cc(F)c(Br)cc1Nc1ccnc(Cl)n1. The van der Waals surface area contributed by atoms with Crippen LogP contribution in [0.2, 0.25) is 5.28 Å². The summed E-state index contributed by atoms with van der Waals surface area (Å²) >= 11 is 8.57. The van der Waals surface area contributed by atoms with Crippen LogP contribution < -0.4 is 5.32 Å². The topological polar surface area (TPSA) is 81.0 Å². The molecule has 6 nitrogen and oxygen atoms in total. The van der Waals surface area contributed by atoms with Crippen LogP contribution in [0.3, 0.4) is 0 Å². The average Bonchev–Trinajstić information content (AvgIpc) is 2.33. The normalized spacial score (nSPS) is 10.3. The van der Waals surface area contributed by atoms with E-state index in [9.17, 15) is 14.5 Å². The van der Waals surface area contributed by atoms with Crippen molar-refractivity contribution >= 4 is 44.7 Å². The quantitative estimate of drug-likeness (QED) is 0.520. The lowest BCUT2D eigenvalue weighted by molar-refractivity contribution is -0.384. The minimum Gasteiger partial charge on any atom is -0.334 e. The van der Waals surface area contributed by atoms with Crippen molar-refractivity contribution in [2.24, 2.45) is 0 Å². The fourth-order valence-corrected chi connectivity index (χ4v) is 1.82. The first-order chi connectivity index (χ1) is 8.97. The van der Waals surface area contributed by atoms with Gasteiger partial charge in [-0.1, -0.05) is 0 Å². The number of nitrogens with zero attached hydrogens (tertiary/aromatic N) is 3. The van der Waals surface area contributed by atoms with Crippen molar-refractivity contribution in [3.63, 3.8) is 0 Å². The second-order valence-electron chi connectivity index (χ2n) is 3.38. The van der Waals surface area contributed by atoms with Gasteiger partial charge in [-0.15, -0.1) is 0 Å². The van der Waals surface area contributed by atoms with Crippen LogP contribution in [0.1, 0.15) is 0 Å². The van der Waals surface area contributed by atoms with Crippen molar-refractivity contribution in [3.8, 4) is 0 Å². The van der Waals surface area contributed by atoms with E-state index in [0.717, 1.165) is 6.07 Å². The average molecular weight is 348 g/mol. The summed E-state index contributed by atoms with van der Waals surface area (Å²) in [5.74, 6) is -0.459. The van der Waals surface area contributed by atoms with Crippen molar-refractivity contribution in [1.29, 1.82) is 0 Å². The molecule has 0 saturated carbocycles. The number of nitro benzene ring substituents is 1. The molecule has 0 aliphatic carbocycles. The Balaban J connectivity index is 2.44. The van der Waals surface area contributed by atoms with Crippen LogP contribution in [-0.2, 0) is 0 Å². The first kappa shape index (κ1) is 13.6. The van der Waals surface area contributed by atoms with Gasteiger partial charge in [0.25, 0.3) is 5.69 Å². The maximum absolute atomic E-state index is 13.3. The van der Waals surface area contributed by atoms with Crippen molar-refractivity contribution < 1.29 is 9.31 Å². The van der Waals surface area contributed by atoms with Crippen LogP contribution in [0.15, 0.2) is 28.9 Å². The molecule has 19 heavy (non-hydrogen) atoms. The number of benzene rings is 1. The van der Waals surface area contributed by atoms with Crippen LogP contribution in [0.25, 0.3) is 0 Å². The van der Waals surface area contributed by atoms with Gasteiger partial charge < -0.3 is 5.32 Å². The highest BCUT2D eigenvalue weighted by atomic mass is 79.9. The highest BCUT2D eigenvalue weighted by Crippen LogP contribution is 2.32. The molecule has 0 unspecified atom stereocenters. The summed E-state index contributed by atoms with van der Waals surface area (Å²) in [6.45, 7) is 0. The molecule has 0 spiro atoms. The number of halogens is 3. The first-order valence-electron chi connectivity index (χ1n) is 4.86. The third-order valence-electron chi connectivity index (χ3n) is 2.12. The van der Waals surface area contributed by atoms with Crippen LogP contribution in [-0.4, -0.2) is 14.9 Å². The van der Waals surface area contributed by atoms with Gasteiger partial charge in [0.1, 0.15) is 17.3 Å². The molecule has 0 amide bonds. The molecule has 2 rings (SSSR count). The molecule has 9 heteroatoms. The number of anilines is 2. The summed E-state index contributed by atoms with van der Waals surface area (Å²) in [4.78, 5) is 17.7. The minimum absolute atomic E-state index is 0.00571. The van der Waals surface area contributed by atoms with Crippen molar-refractivity contribution in [2.75, 3.05) is 5.32 Å². The zero-order valence-electron chi connectivity index (χ0n) is 9.10. The molecule has 1 aromatic heterocycles. The summed E-state index contributed by atoms with van der Waals surface area (Å²) in [5, 5.41) is 13.6. The van der Waals surface area contributed by atoms with Gasteiger partial charge in [-0.3, -0.25) is 10.1 Å². The van der Waals surface area contributed by atoms with Crippen LogP contribution >= 0.6 is 27.5 Å². The molecular weight excluding hydrogens is 342 g/mol. The van der Waals surface area contributed by atoms with Crippen LogP contribution in [0.5, 0.6) is 0 Å². The van der Waals surface area contributed by atoms with Gasteiger partial charge in [0.05, 0.1) is 15.5 Å². The Morgan fingerprint density at radius 2 is 2.21 bits per heavy atom. The lowest BCUT2D eigenvalue weighted by Gasteiger charge is -2.07. The molecule has 0 aliphatic rings. The molecule has 0 bridgehead atoms. The Morgan fingerprint density at radius 3 is 2.84 bits per heavy atom. The monoisotopic (exact) mass is 346 g/mol. The van der Waals surface area contributed by atoms with Gasteiger partial charge in [-0.05, 0) is 39.7 Å². The number of nitrogens with one attached hydrogen (secondary N) is 1. The van der Waals surface area contributed by atoms with E-state index in [1.165, 1.54) is 18.3 Å². The second kappa shape index (κ2) is 5.45. The highest BCUT2D eigenvalue weighted by molar-refractivity contribution is 9.10. The van der Waals surface area contributed by atoms with Gasteiger partial charge in [-0.25, -0.2) is 14.4 Å². The third-order valence-corrected chi connectivity index (χ3v) is 2.91. The second-order valence-corrected chi connectivity index (χ2v) is 4.57. The standard InChI is InChI=1S/C10H5BrClFN4O2/c11-5-3-7(8(17(18)19)4-6(5)13)15-9-1-2-14-10(12)16-9/h1-4H,(H,14,15,16). The molecule has 1 aromatic carbocycles. The van der Waals surface area contributed by atoms with E-state index in [-0.39, 0.29) is 21.3 Å². The Hall–Kier alpha value is -1.80. The van der Waals surface area contributed by atoms with E-state index in [2.05, 4.69) is 31.2 Å². The zero-order chi connectivity index (χ0) is 14.0. The van der Waals surface area contributed by atoms with Gasteiger partial charge in [0.15, 0.2) is 0 Å². The molecule has 0 atom stereocenters. The van der Waals surface area contributed by atoms with E-state index in [1.54, 1.807) is 0 Å². The van der Waals surface area contributed by atoms with Gasteiger partial charge in [-0.2, -0.15) is 0 Å². The van der Waals surface area contributed by atoms with E-state index in [1.807, 2.05) is 0 Å². The van der Waals surface area contributed by atoms with E-state index < -0.39 is 16.4 Å². The van der Waals surface area contributed by atoms with E-state index in [0.29, 0.717) is 0 Å². The number of nitro groups is 1.